The summed E-state index contributed by atoms with van der Waals surface area (Å²) in [6.45, 7) is -5.96. The predicted octanol–water partition coefficient (Wildman–Crippen LogP) is 5.10. The summed E-state index contributed by atoms with van der Waals surface area (Å²) in [5.41, 5.74) is 6.25. The van der Waals surface area contributed by atoms with E-state index in [1.54, 1.807) is 36.4 Å². The summed E-state index contributed by atoms with van der Waals surface area (Å²) in [6, 6.07) is 18.4. The molecule has 0 spiro atoms. The van der Waals surface area contributed by atoms with Crippen LogP contribution in [0.2, 0.25) is 0 Å². The van der Waals surface area contributed by atoms with Gasteiger partial charge in [0, 0.05) is 16.7 Å². The Bertz CT molecular complexity index is 1170. The molecule has 0 bridgehead atoms. The Labute approximate surface area is 191 Å². The second-order valence-electron chi connectivity index (χ2n) is 6.48. The van der Waals surface area contributed by atoms with Gasteiger partial charge in [0.25, 0.3) is 5.91 Å². The van der Waals surface area contributed by atoms with Crippen LogP contribution in [-0.4, -0.2) is 31.6 Å². The van der Waals surface area contributed by atoms with E-state index in [-0.39, 0.29) is 22.6 Å². The second kappa shape index (κ2) is 12.0. The molecule has 0 radical (unpaired) electrons. The number of alkyl halides is 4. The van der Waals surface area contributed by atoms with E-state index in [2.05, 4.69) is 30.5 Å². The van der Waals surface area contributed by atoms with E-state index in [0.29, 0.717) is 11.3 Å². The number of ether oxygens (including phenoxy) is 2. The minimum absolute atomic E-state index is 0.0328. The number of benzene rings is 3. The van der Waals surface area contributed by atoms with Crippen LogP contribution in [0.15, 0.2) is 83.0 Å². The van der Waals surface area contributed by atoms with Gasteiger partial charge >= 0.3 is 13.2 Å². The topological polar surface area (TPSA) is 84.3 Å². The average Bonchev–Trinajstić information content (AvgIpc) is 2.81. The van der Waals surface area contributed by atoms with Crippen molar-refractivity contribution in [1.29, 1.82) is 0 Å². The first-order valence-electron chi connectivity index (χ1n) is 9.72. The van der Waals surface area contributed by atoms with Crippen molar-refractivity contribution in [3.8, 4) is 11.5 Å². The molecule has 0 atom stereocenters. The number of hydrogen-bond donors (Lipinski definition) is 2. The highest BCUT2D eigenvalue weighted by atomic mass is 19.3. The van der Waals surface area contributed by atoms with Crippen molar-refractivity contribution in [2.45, 2.75) is 13.2 Å². The maximum Gasteiger partial charge on any atom is 0.387 e. The van der Waals surface area contributed by atoms with Crippen LogP contribution in [0.1, 0.15) is 21.5 Å². The Morgan fingerprint density at radius 3 is 1.91 bits per heavy atom. The molecule has 0 heterocycles. The number of para-hydroxylation sites is 2. The van der Waals surface area contributed by atoms with Crippen LogP contribution in [0.5, 0.6) is 11.5 Å². The minimum Gasteiger partial charge on any atom is -0.434 e. The Morgan fingerprint density at radius 1 is 0.765 bits per heavy atom. The van der Waals surface area contributed by atoms with Crippen LogP contribution in [0.4, 0.5) is 23.2 Å². The summed E-state index contributed by atoms with van der Waals surface area (Å²) < 4.78 is 58.8. The van der Waals surface area contributed by atoms with Crippen LogP contribution < -0.4 is 20.3 Å². The molecule has 0 aromatic heterocycles. The quantitative estimate of drug-likeness (QED) is 0.243. The number of nitrogens with zero attached hydrogens (tertiary/aromatic N) is 2. The van der Waals surface area contributed by atoms with Gasteiger partial charge in [0.1, 0.15) is 11.5 Å². The summed E-state index contributed by atoms with van der Waals surface area (Å²) in [4.78, 5) is 12.4. The van der Waals surface area contributed by atoms with Crippen molar-refractivity contribution in [3.05, 3.63) is 89.5 Å². The van der Waals surface area contributed by atoms with E-state index in [1.807, 2.05) is 0 Å². The molecule has 0 saturated heterocycles. The van der Waals surface area contributed by atoms with Crippen molar-refractivity contribution < 1.29 is 31.8 Å². The highest BCUT2D eigenvalue weighted by molar-refractivity contribution is 5.96. The molecule has 2 N–H and O–H groups in total. The molecule has 3 aromatic carbocycles. The fourth-order valence-corrected chi connectivity index (χ4v) is 2.71. The first kappa shape index (κ1) is 24.2. The third-order valence-corrected chi connectivity index (χ3v) is 4.16. The lowest BCUT2D eigenvalue weighted by Gasteiger charge is -2.07. The third-order valence-electron chi connectivity index (χ3n) is 4.16. The second-order valence-corrected chi connectivity index (χ2v) is 6.48. The number of rotatable bonds is 10. The minimum atomic E-state index is -2.99. The van der Waals surface area contributed by atoms with Gasteiger partial charge in [-0.05, 0) is 42.5 Å². The number of nitrogens with one attached hydrogen (secondary N) is 2. The van der Waals surface area contributed by atoms with Gasteiger partial charge in [0.15, 0.2) is 0 Å². The molecule has 0 unspecified atom stereocenters. The van der Waals surface area contributed by atoms with Crippen LogP contribution in [-0.2, 0) is 0 Å². The van der Waals surface area contributed by atoms with Crippen molar-refractivity contribution in [2.24, 2.45) is 10.2 Å². The van der Waals surface area contributed by atoms with Crippen LogP contribution >= 0.6 is 0 Å². The monoisotopic (exact) mass is 474 g/mol. The van der Waals surface area contributed by atoms with Gasteiger partial charge in [0.05, 0.1) is 18.1 Å². The van der Waals surface area contributed by atoms with Gasteiger partial charge in [-0.15, -0.1) is 0 Å². The lowest BCUT2D eigenvalue weighted by atomic mass is 10.2. The average molecular weight is 474 g/mol. The Morgan fingerprint density at radius 2 is 1.32 bits per heavy atom. The number of anilines is 1. The van der Waals surface area contributed by atoms with Gasteiger partial charge in [-0.25, -0.2) is 5.43 Å². The summed E-state index contributed by atoms with van der Waals surface area (Å²) >= 11 is 0. The maximum absolute atomic E-state index is 12.5. The zero-order valence-electron chi connectivity index (χ0n) is 17.4. The largest absolute Gasteiger partial charge is 0.434 e. The number of carbonyl (C=O) groups is 1. The highest BCUT2D eigenvalue weighted by Crippen LogP contribution is 2.19. The van der Waals surface area contributed by atoms with E-state index >= 15 is 0 Å². The first-order valence-corrected chi connectivity index (χ1v) is 9.72. The molecule has 3 rings (SSSR count). The van der Waals surface area contributed by atoms with Crippen LogP contribution in [0.25, 0.3) is 0 Å². The number of hydrazone groups is 2. The number of carbonyl (C=O) groups excluding carboxylic acids is 1. The van der Waals surface area contributed by atoms with Gasteiger partial charge in [-0.1, -0.05) is 30.3 Å². The molecule has 0 aliphatic carbocycles. The summed E-state index contributed by atoms with van der Waals surface area (Å²) in [6.07, 6.45) is 2.48. The van der Waals surface area contributed by atoms with Crippen molar-refractivity contribution >= 4 is 24.0 Å². The van der Waals surface area contributed by atoms with Gasteiger partial charge < -0.3 is 9.47 Å². The van der Waals surface area contributed by atoms with Gasteiger partial charge in [-0.2, -0.15) is 27.8 Å². The number of amides is 1. The Hall–Kier alpha value is -4.41. The SMILES string of the molecule is O=C(N/N=C/c1ccccc1OC(F)F)c1cccc(N/N=C/c2ccccc2OC(F)F)c1. The molecule has 11 heteroatoms. The molecule has 176 valence electrons. The fraction of sp³-hybridized carbons (Fsp3) is 0.0870. The fourth-order valence-electron chi connectivity index (χ4n) is 2.71. The lowest BCUT2D eigenvalue weighted by molar-refractivity contribution is -0.0506. The molecular formula is C23H18F4N4O3. The first-order chi connectivity index (χ1) is 16.4. The molecular weight excluding hydrogens is 456 g/mol. The lowest BCUT2D eigenvalue weighted by Crippen LogP contribution is -2.17. The molecule has 0 saturated carbocycles. The third kappa shape index (κ3) is 7.33. The van der Waals surface area contributed by atoms with Crippen LogP contribution in [0, 0.1) is 0 Å². The zero-order chi connectivity index (χ0) is 24.3. The molecule has 0 aliphatic rings. The summed E-state index contributed by atoms with van der Waals surface area (Å²) in [5, 5.41) is 7.76. The molecule has 0 aliphatic heterocycles. The molecule has 3 aromatic rings. The van der Waals surface area contributed by atoms with E-state index in [1.165, 1.54) is 48.8 Å². The summed E-state index contributed by atoms with van der Waals surface area (Å²) in [7, 11) is 0. The standard InChI is InChI=1S/C23H18F4N4O3/c24-22(25)33-19-10-3-1-6-16(19)13-28-30-18-9-5-8-15(12-18)21(32)31-29-14-17-7-2-4-11-20(17)34-23(26)27/h1-14,22-23,30H,(H,31,32)/b28-13+,29-14+. The van der Waals surface area contributed by atoms with Gasteiger partial charge in [-0.3, -0.25) is 10.2 Å². The van der Waals surface area contributed by atoms with Crippen LogP contribution in [0.3, 0.4) is 0 Å². The molecule has 0 fully saturated rings. The molecule has 7 nitrogen and oxygen atoms in total. The zero-order valence-corrected chi connectivity index (χ0v) is 17.4. The van der Waals surface area contributed by atoms with Crippen molar-refractivity contribution in [1.82, 2.24) is 5.43 Å². The Kier molecular flexibility index (Phi) is 8.55. The van der Waals surface area contributed by atoms with Crippen molar-refractivity contribution in [3.63, 3.8) is 0 Å². The molecule has 34 heavy (non-hydrogen) atoms. The normalized spacial score (nSPS) is 11.4. The van der Waals surface area contributed by atoms with Gasteiger partial charge in [0.2, 0.25) is 0 Å². The Balaban J connectivity index is 1.62. The van der Waals surface area contributed by atoms with E-state index in [0.717, 1.165) is 0 Å². The summed E-state index contributed by atoms with van der Waals surface area (Å²) in [5.74, 6) is -0.679. The van der Waals surface area contributed by atoms with E-state index in [9.17, 15) is 22.4 Å². The highest BCUT2D eigenvalue weighted by Gasteiger charge is 2.09. The number of hydrogen-bond acceptors (Lipinski definition) is 6. The smallest absolute Gasteiger partial charge is 0.387 e. The van der Waals surface area contributed by atoms with E-state index in [4.69, 9.17) is 0 Å². The predicted molar refractivity (Wildman–Crippen MR) is 119 cm³/mol. The number of halogens is 4. The maximum atomic E-state index is 12.5. The van der Waals surface area contributed by atoms with Crippen molar-refractivity contribution in [2.75, 3.05) is 5.43 Å². The molecule has 1 amide bonds. The van der Waals surface area contributed by atoms with E-state index < -0.39 is 19.1 Å².